The summed E-state index contributed by atoms with van der Waals surface area (Å²) in [5.41, 5.74) is 0. The van der Waals surface area contributed by atoms with Crippen LogP contribution in [0.25, 0.3) is 0 Å². The van der Waals surface area contributed by atoms with E-state index in [9.17, 15) is 14.4 Å². The van der Waals surface area contributed by atoms with E-state index in [1.54, 1.807) is 0 Å². The van der Waals surface area contributed by atoms with Crippen LogP contribution in [0.15, 0.2) is 0 Å². The summed E-state index contributed by atoms with van der Waals surface area (Å²) in [4.78, 5) is 37.1. The van der Waals surface area contributed by atoms with Crippen LogP contribution in [0, 0.1) is 0 Å². The lowest BCUT2D eigenvalue weighted by Crippen LogP contribution is -2.44. The monoisotopic (exact) mass is 297 g/mol. The van der Waals surface area contributed by atoms with Gasteiger partial charge in [0.1, 0.15) is 0 Å². The fourth-order valence-electron chi connectivity index (χ4n) is 2.56. The Morgan fingerprint density at radius 1 is 1.24 bits per heavy atom. The molecule has 1 aliphatic heterocycles. The van der Waals surface area contributed by atoms with Gasteiger partial charge < -0.3 is 10.6 Å². The fourth-order valence-corrected chi connectivity index (χ4v) is 2.56. The van der Waals surface area contributed by atoms with E-state index in [1.165, 1.54) is 4.90 Å². The molecular weight excluding hydrogens is 270 g/mol. The molecular formula is C15H27N3O3. The van der Waals surface area contributed by atoms with Crippen molar-refractivity contribution in [2.75, 3.05) is 13.1 Å². The molecule has 1 aliphatic rings. The van der Waals surface area contributed by atoms with Crippen molar-refractivity contribution in [1.29, 1.82) is 0 Å². The van der Waals surface area contributed by atoms with Gasteiger partial charge in [-0.3, -0.25) is 19.3 Å². The quantitative estimate of drug-likeness (QED) is 0.617. The molecule has 0 aliphatic carbocycles. The molecule has 1 atom stereocenters. The Kier molecular flexibility index (Phi) is 7.36. The van der Waals surface area contributed by atoms with Crippen molar-refractivity contribution >= 4 is 17.7 Å². The second-order valence-electron chi connectivity index (χ2n) is 5.38. The molecule has 0 aromatic carbocycles. The van der Waals surface area contributed by atoms with Gasteiger partial charge in [-0.25, -0.2) is 0 Å². The molecule has 120 valence electrons. The Morgan fingerprint density at radius 3 is 2.48 bits per heavy atom. The average molecular weight is 297 g/mol. The van der Waals surface area contributed by atoms with Crippen LogP contribution in [0.3, 0.4) is 0 Å². The maximum Gasteiger partial charge on any atom is 0.247 e. The van der Waals surface area contributed by atoms with Crippen molar-refractivity contribution in [3.8, 4) is 0 Å². The van der Waals surface area contributed by atoms with Crippen LogP contribution in [0.2, 0.25) is 0 Å². The van der Waals surface area contributed by atoms with Gasteiger partial charge in [-0.2, -0.15) is 0 Å². The molecule has 0 aromatic heterocycles. The lowest BCUT2D eigenvalue weighted by atomic mass is 10.1. The first-order chi connectivity index (χ1) is 10.0. The number of carbonyl (C=O) groups excluding carboxylic acids is 3. The molecule has 0 spiro atoms. The summed E-state index contributed by atoms with van der Waals surface area (Å²) in [6.45, 7) is 7.03. The van der Waals surface area contributed by atoms with Gasteiger partial charge in [0, 0.05) is 25.6 Å². The van der Waals surface area contributed by atoms with E-state index in [0.717, 1.165) is 19.3 Å². The first-order valence-electron chi connectivity index (χ1n) is 7.91. The number of imide groups is 1. The molecule has 1 unspecified atom stereocenters. The summed E-state index contributed by atoms with van der Waals surface area (Å²) in [7, 11) is 0. The van der Waals surface area contributed by atoms with Crippen LogP contribution in [0.5, 0.6) is 0 Å². The van der Waals surface area contributed by atoms with Gasteiger partial charge in [0.05, 0.1) is 12.5 Å². The summed E-state index contributed by atoms with van der Waals surface area (Å²) in [6, 6.07) is -0.485. The molecule has 6 heteroatoms. The van der Waals surface area contributed by atoms with E-state index in [1.807, 2.05) is 20.8 Å². The average Bonchev–Trinajstić information content (AvgIpc) is 2.74. The van der Waals surface area contributed by atoms with Crippen LogP contribution in [0.4, 0.5) is 0 Å². The zero-order chi connectivity index (χ0) is 15.8. The van der Waals surface area contributed by atoms with Crippen LogP contribution in [-0.2, 0) is 14.4 Å². The van der Waals surface area contributed by atoms with Crippen molar-refractivity contribution in [1.82, 2.24) is 15.5 Å². The zero-order valence-corrected chi connectivity index (χ0v) is 13.3. The SMILES string of the molecule is CCCNC(=O)CCNC1CC(=O)N(C(CC)CC)C1=O. The van der Waals surface area contributed by atoms with Gasteiger partial charge in [0.15, 0.2) is 0 Å². The van der Waals surface area contributed by atoms with E-state index in [0.29, 0.717) is 19.5 Å². The Bertz CT molecular complexity index is 380. The molecule has 6 nitrogen and oxygen atoms in total. The van der Waals surface area contributed by atoms with Gasteiger partial charge in [0.25, 0.3) is 0 Å². The molecule has 21 heavy (non-hydrogen) atoms. The number of nitrogens with zero attached hydrogens (tertiary/aromatic N) is 1. The Labute approximate surface area is 126 Å². The normalized spacial score (nSPS) is 18.7. The summed E-state index contributed by atoms with van der Waals surface area (Å²) in [6.07, 6.45) is 2.98. The van der Waals surface area contributed by atoms with E-state index in [4.69, 9.17) is 0 Å². The second kappa shape index (κ2) is 8.77. The number of rotatable bonds is 9. The molecule has 0 bridgehead atoms. The van der Waals surface area contributed by atoms with Gasteiger partial charge in [-0.05, 0) is 19.3 Å². The highest BCUT2D eigenvalue weighted by Crippen LogP contribution is 2.20. The largest absolute Gasteiger partial charge is 0.356 e. The van der Waals surface area contributed by atoms with E-state index in [-0.39, 0.29) is 30.2 Å². The van der Waals surface area contributed by atoms with E-state index in [2.05, 4.69) is 10.6 Å². The number of hydrogen-bond acceptors (Lipinski definition) is 4. The van der Waals surface area contributed by atoms with Crippen molar-refractivity contribution in [2.24, 2.45) is 0 Å². The molecule has 2 N–H and O–H groups in total. The highest BCUT2D eigenvalue weighted by molar-refractivity contribution is 6.05. The van der Waals surface area contributed by atoms with Crippen LogP contribution in [0.1, 0.15) is 52.9 Å². The number of hydrogen-bond donors (Lipinski definition) is 2. The van der Waals surface area contributed by atoms with Gasteiger partial charge in [0.2, 0.25) is 17.7 Å². The summed E-state index contributed by atoms with van der Waals surface area (Å²) >= 11 is 0. The maximum absolute atomic E-state index is 12.3. The molecule has 0 saturated carbocycles. The molecule has 1 fully saturated rings. The van der Waals surface area contributed by atoms with Crippen LogP contribution in [-0.4, -0.2) is 47.8 Å². The predicted molar refractivity (Wildman–Crippen MR) is 80.5 cm³/mol. The van der Waals surface area contributed by atoms with Crippen LogP contribution < -0.4 is 10.6 Å². The summed E-state index contributed by atoms with van der Waals surface area (Å²) in [5.74, 6) is -0.290. The number of likely N-dealkylation sites (tertiary alicyclic amines) is 1. The van der Waals surface area contributed by atoms with Gasteiger partial charge in [-0.15, -0.1) is 0 Å². The summed E-state index contributed by atoms with van der Waals surface area (Å²) in [5, 5.41) is 5.81. The standard InChI is InChI=1S/C15H27N3O3/c1-4-8-17-13(19)7-9-16-12-10-14(20)18(15(12)21)11(5-2)6-3/h11-12,16H,4-10H2,1-3H3,(H,17,19). The predicted octanol–water partition coefficient (Wildman–Crippen LogP) is 0.808. The summed E-state index contributed by atoms with van der Waals surface area (Å²) < 4.78 is 0. The molecule has 1 rings (SSSR count). The van der Waals surface area contributed by atoms with Crippen molar-refractivity contribution < 1.29 is 14.4 Å². The number of nitrogens with one attached hydrogen (secondary N) is 2. The first-order valence-corrected chi connectivity index (χ1v) is 7.91. The lowest BCUT2D eigenvalue weighted by Gasteiger charge is -2.24. The van der Waals surface area contributed by atoms with Crippen molar-refractivity contribution in [3.63, 3.8) is 0 Å². The number of amides is 3. The van der Waals surface area contributed by atoms with E-state index >= 15 is 0 Å². The molecule has 1 heterocycles. The van der Waals surface area contributed by atoms with Gasteiger partial charge >= 0.3 is 0 Å². The van der Waals surface area contributed by atoms with Crippen molar-refractivity contribution in [3.05, 3.63) is 0 Å². The minimum Gasteiger partial charge on any atom is -0.356 e. The Balaban J connectivity index is 2.42. The smallest absolute Gasteiger partial charge is 0.247 e. The third kappa shape index (κ3) is 4.81. The fraction of sp³-hybridized carbons (Fsp3) is 0.800. The van der Waals surface area contributed by atoms with Crippen LogP contribution >= 0.6 is 0 Å². The minimum atomic E-state index is -0.475. The topological polar surface area (TPSA) is 78.5 Å². The highest BCUT2D eigenvalue weighted by Gasteiger charge is 2.40. The lowest BCUT2D eigenvalue weighted by molar-refractivity contribution is -0.141. The molecule has 0 radical (unpaired) electrons. The van der Waals surface area contributed by atoms with Gasteiger partial charge in [-0.1, -0.05) is 20.8 Å². The third-order valence-corrected chi connectivity index (χ3v) is 3.81. The zero-order valence-electron chi connectivity index (χ0n) is 13.3. The second-order valence-corrected chi connectivity index (χ2v) is 5.38. The Hall–Kier alpha value is -1.43. The minimum absolute atomic E-state index is 0.00958. The first kappa shape index (κ1) is 17.6. The molecule has 3 amide bonds. The third-order valence-electron chi connectivity index (χ3n) is 3.81. The maximum atomic E-state index is 12.3. The van der Waals surface area contributed by atoms with Crippen molar-refractivity contribution in [2.45, 2.75) is 65.0 Å². The molecule has 0 aromatic rings. The highest BCUT2D eigenvalue weighted by atomic mass is 16.2. The molecule has 1 saturated heterocycles. The Morgan fingerprint density at radius 2 is 1.90 bits per heavy atom. The van der Waals surface area contributed by atoms with E-state index < -0.39 is 6.04 Å². The number of carbonyl (C=O) groups is 3.